The first-order chi connectivity index (χ1) is 12.7. The predicted molar refractivity (Wildman–Crippen MR) is 97.9 cm³/mol. The summed E-state index contributed by atoms with van der Waals surface area (Å²) in [5.41, 5.74) is 1.73. The number of hydrogen-bond donors (Lipinski definition) is 1. The highest BCUT2D eigenvalue weighted by atomic mass is 16.6. The van der Waals surface area contributed by atoms with Crippen molar-refractivity contribution in [2.45, 2.75) is 6.54 Å². The van der Waals surface area contributed by atoms with Gasteiger partial charge in [-0.2, -0.15) is 0 Å². The van der Waals surface area contributed by atoms with Gasteiger partial charge in [0.15, 0.2) is 18.1 Å². The number of amides is 1. The summed E-state index contributed by atoms with van der Waals surface area (Å²) in [6, 6.07) is 12.8. The molecule has 0 aliphatic heterocycles. The van der Waals surface area contributed by atoms with E-state index in [4.69, 9.17) is 19.0 Å². The molecule has 0 aliphatic rings. The van der Waals surface area contributed by atoms with Gasteiger partial charge in [0, 0.05) is 12.1 Å². The van der Waals surface area contributed by atoms with E-state index in [1.165, 1.54) is 6.21 Å². The zero-order valence-corrected chi connectivity index (χ0v) is 15.0. The molecule has 0 bridgehead atoms. The first kappa shape index (κ1) is 19.1. The van der Waals surface area contributed by atoms with E-state index in [-0.39, 0.29) is 12.5 Å². The number of hydrogen-bond acceptors (Lipinski definition) is 6. The van der Waals surface area contributed by atoms with Crippen molar-refractivity contribution in [3.8, 4) is 17.2 Å². The molecule has 7 heteroatoms. The van der Waals surface area contributed by atoms with Gasteiger partial charge < -0.3 is 24.4 Å². The smallest absolute Gasteiger partial charge is 0.261 e. The van der Waals surface area contributed by atoms with Gasteiger partial charge in [0.2, 0.25) is 0 Å². The third-order valence-electron chi connectivity index (χ3n) is 3.53. The molecule has 2 aromatic carbocycles. The van der Waals surface area contributed by atoms with Crippen LogP contribution in [0.3, 0.4) is 0 Å². The molecule has 0 saturated carbocycles. The van der Waals surface area contributed by atoms with Gasteiger partial charge in [-0.3, -0.25) is 4.79 Å². The van der Waals surface area contributed by atoms with E-state index in [2.05, 4.69) is 10.5 Å². The molecule has 0 fully saturated rings. The largest absolute Gasteiger partial charge is 0.497 e. The van der Waals surface area contributed by atoms with E-state index >= 15 is 0 Å². The summed E-state index contributed by atoms with van der Waals surface area (Å²) < 4.78 is 15.5. The minimum Gasteiger partial charge on any atom is -0.497 e. The molecule has 0 atom stereocenters. The molecule has 2 aromatic rings. The van der Waals surface area contributed by atoms with Crippen molar-refractivity contribution < 1.29 is 23.8 Å². The second kappa shape index (κ2) is 9.93. The van der Waals surface area contributed by atoms with Crippen LogP contribution in [0.4, 0.5) is 0 Å². The number of carbonyl (C=O) groups is 1. The van der Waals surface area contributed by atoms with Crippen molar-refractivity contribution in [2.75, 3.05) is 27.9 Å². The van der Waals surface area contributed by atoms with Crippen molar-refractivity contribution >= 4 is 12.1 Å². The van der Waals surface area contributed by atoms with Crippen LogP contribution in [0.2, 0.25) is 0 Å². The topological polar surface area (TPSA) is 78.4 Å². The molecular weight excluding hydrogens is 336 g/mol. The molecule has 0 spiro atoms. The molecule has 1 amide bonds. The lowest BCUT2D eigenvalue weighted by Gasteiger charge is -2.07. The van der Waals surface area contributed by atoms with Gasteiger partial charge >= 0.3 is 0 Å². The number of carbonyl (C=O) groups excluding carboxylic acids is 1. The Hall–Kier alpha value is -3.22. The zero-order chi connectivity index (χ0) is 18.8. The SMILES string of the molecule is COc1ccc(CNC(=O)CO/N=C\c2ccc(OC)c(OC)c2)cc1. The van der Waals surface area contributed by atoms with Gasteiger partial charge in [-0.15, -0.1) is 0 Å². The fourth-order valence-electron chi connectivity index (χ4n) is 2.12. The standard InChI is InChI=1S/C19H22N2O5/c1-23-16-7-4-14(5-8-16)11-20-19(22)13-26-21-12-15-6-9-17(24-2)18(10-15)25-3/h4-10,12H,11,13H2,1-3H3,(H,20,22)/b21-12-. The quantitative estimate of drug-likeness (QED) is 0.550. The van der Waals surface area contributed by atoms with E-state index in [0.717, 1.165) is 16.9 Å². The van der Waals surface area contributed by atoms with Crippen LogP contribution in [0.25, 0.3) is 0 Å². The first-order valence-corrected chi connectivity index (χ1v) is 7.93. The molecule has 7 nitrogen and oxygen atoms in total. The van der Waals surface area contributed by atoms with Crippen molar-refractivity contribution in [1.82, 2.24) is 5.32 Å². The second-order valence-electron chi connectivity index (χ2n) is 5.25. The maximum Gasteiger partial charge on any atom is 0.261 e. The Bertz CT molecular complexity index is 744. The molecule has 0 aliphatic carbocycles. The monoisotopic (exact) mass is 358 g/mol. The van der Waals surface area contributed by atoms with Crippen LogP contribution in [-0.4, -0.2) is 40.1 Å². The molecule has 0 radical (unpaired) electrons. The minimum atomic E-state index is -0.259. The summed E-state index contributed by atoms with van der Waals surface area (Å²) in [6.45, 7) is 0.242. The molecule has 138 valence electrons. The van der Waals surface area contributed by atoms with Gasteiger partial charge in [-0.1, -0.05) is 17.3 Å². The van der Waals surface area contributed by atoms with Crippen LogP contribution in [-0.2, 0) is 16.2 Å². The highest BCUT2D eigenvalue weighted by Crippen LogP contribution is 2.26. The third-order valence-corrected chi connectivity index (χ3v) is 3.53. The number of oxime groups is 1. The lowest BCUT2D eigenvalue weighted by atomic mass is 10.2. The molecule has 0 saturated heterocycles. The number of methoxy groups -OCH3 is 3. The third kappa shape index (κ3) is 5.70. The van der Waals surface area contributed by atoms with Crippen LogP contribution in [0.15, 0.2) is 47.6 Å². The Labute approximate surface area is 152 Å². The normalized spacial score (nSPS) is 10.4. The predicted octanol–water partition coefficient (Wildman–Crippen LogP) is 2.38. The van der Waals surface area contributed by atoms with Gasteiger partial charge in [0.05, 0.1) is 27.5 Å². The van der Waals surface area contributed by atoms with Crippen LogP contribution >= 0.6 is 0 Å². The number of ether oxygens (including phenoxy) is 3. The lowest BCUT2D eigenvalue weighted by Crippen LogP contribution is -2.26. The van der Waals surface area contributed by atoms with Gasteiger partial charge in [-0.25, -0.2) is 0 Å². The van der Waals surface area contributed by atoms with E-state index in [0.29, 0.717) is 18.0 Å². The maximum absolute atomic E-state index is 11.8. The number of nitrogens with one attached hydrogen (secondary N) is 1. The second-order valence-corrected chi connectivity index (χ2v) is 5.25. The average molecular weight is 358 g/mol. The summed E-state index contributed by atoms with van der Waals surface area (Å²) in [6.07, 6.45) is 1.50. The van der Waals surface area contributed by atoms with Crippen molar-refractivity contribution in [2.24, 2.45) is 5.16 Å². The fourth-order valence-corrected chi connectivity index (χ4v) is 2.12. The number of benzene rings is 2. The van der Waals surface area contributed by atoms with Crippen molar-refractivity contribution in [1.29, 1.82) is 0 Å². The molecule has 2 rings (SSSR count). The number of rotatable bonds is 9. The van der Waals surface area contributed by atoms with Gasteiger partial charge in [0.1, 0.15) is 5.75 Å². The lowest BCUT2D eigenvalue weighted by molar-refractivity contribution is -0.125. The molecule has 0 heterocycles. The molecule has 26 heavy (non-hydrogen) atoms. The van der Waals surface area contributed by atoms with E-state index in [1.54, 1.807) is 39.5 Å². The summed E-state index contributed by atoms with van der Waals surface area (Å²) in [7, 11) is 4.73. The summed E-state index contributed by atoms with van der Waals surface area (Å²) >= 11 is 0. The molecule has 0 aromatic heterocycles. The Balaban J connectivity index is 1.76. The van der Waals surface area contributed by atoms with E-state index in [9.17, 15) is 4.79 Å². The van der Waals surface area contributed by atoms with Crippen molar-refractivity contribution in [3.63, 3.8) is 0 Å². The maximum atomic E-state index is 11.8. The molecular formula is C19H22N2O5. The minimum absolute atomic E-state index is 0.167. The van der Waals surface area contributed by atoms with Gasteiger partial charge in [-0.05, 0) is 35.9 Å². The van der Waals surface area contributed by atoms with Crippen molar-refractivity contribution in [3.05, 3.63) is 53.6 Å². The van der Waals surface area contributed by atoms with Crippen LogP contribution in [0.5, 0.6) is 17.2 Å². The molecule has 0 unspecified atom stereocenters. The molecule has 1 N–H and O–H groups in total. The van der Waals surface area contributed by atoms with Crippen LogP contribution < -0.4 is 19.5 Å². The highest BCUT2D eigenvalue weighted by Gasteiger charge is 2.04. The van der Waals surface area contributed by atoms with E-state index in [1.807, 2.05) is 24.3 Å². The highest BCUT2D eigenvalue weighted by molar-refractivity contribution is 5.81. The Morgan fingerprint density at radius 1 is 1.00 bits per heavy atom. The first-order valence-electron chi connectivity index (χ1n) is 7.93. The summed E-state index contributed by atoms with van der Waals surface area (Å²) in [5, 5.41) is 6.54. The number of nitrogens with zero attached hydrogens (tertiary/aromatic N) is 1. The van der Waals surface area contributed by atoms with Crippen LogP contribution in [0.1, 0.15) is 11.1 Å². The average Bonchev–Trinajstić information content (AvgIpc) is 2.69. The van der Waals surface area contributed by atoms with E-state index < -0.39 is 0 Å². The fraction of sp³-hybridized carbons (Fsp3) is 0.263. The zero-order valence-electron chi connectivity index (χ0n) is 15.0. The Kier molecular flexibility index (Phi) is 7.30. The van der Waals surface area contributed by atoms with Gasteiger partial charge in [0.25, 0.3) is 5.91 Å². The Morgan fingerprint density at radius 3 is 2.38 bits per heavy atom. The summed E-state index contributed by atoms with van der Waals surface area (Å²) in [5.74, 6) is 1.73. The summed E-state index contributed by atoms with van der Waals surface area (Å²) in [4.78, 5) is 16.8. The Morgan fingerprint density at radius 2 is 1.73 bits per heavy atom. The van der Waals surface area contributed by atoms with Crippen LogP contribution in [0, 0.1) is 0 Å².